The van der Waals surface area contributed by atoms with Crippen molar-refractivity contribution >= 4 is 51.7 Å². The minimum atomic E-state index is -1.31. The first kappa shape index (κ1) is 25.3. The van der Waals surface area contributed by atoms with Gasteiger partial charge in [0.15, 0.2) is 10.8 Å². The fourth-order valence-electron chi connectivity index (χ4n) is 4.23. The Morgan fingerprint density at radius 2 is 2.03 bits per heavy atom. The zero-order chi connectivity index (χ0) is 22.3. The first-order chi connectivity index (χ1) is 14.7. The average molecular weight is 490 g/mol. The van der Waals surface area contributed by atoms with Crippen molar-refractivity contribution in [3.05, 3.63) is 11.1 Å². The van der Waals surface area contributed by atoms with E-state index in [9.17, 15) is 19.5 Å². The Morgan fingerprint density at radius 1 is 1.34 bits per heavy atom. The smallest absolute Gasteiger partial charge is 0.548 e. The van der Waals surface area contributed by atoms with Gasteiger partial charge in [0.05, 0.1) is 12.0 Å². The Bertz CT molecular complexity index is 933. The molecule has 0 spiro atoms. The van der Waals surface area contributed by atoms with Gasteiger partial charge in [0.1, 0.15) is 23.2 Å². The maximum absolute atomic E-state index is 13.0. The van der Waals surface area contributed by atoms with Crippen LogP contribution in [-0.4, -0.2) is 61.7 Å². The van der Waals surface area contributed by atoms with Crippen molar-refractivity contribution in [1.82, 2.24) is 15.2 Å². The number of anilines is 1. The minimum absolute atomic E-state index is 0. The summed E-state index contributed by atoms with van der Waals surface area (Å²) < 4.78 is -0.733. The number of nitrogens with zero attached hydrogens (tertiary/aromatic N) is 3. The number of amides is 2. The summed E-state index contributed by atoms with van der Waals surface area (Å²) in [5.74, 6) is -2.38. The van der Waals surface area contributed by atoms with Crippen LogP contribution in [0.3, 0.4) is 0 Å². The SMILES string of the molecule is CC1(C)S[C@@H]2[C@@H](NC(=O)/C(=N\OC3CCCCC3)c3csc(N)n3)C(=O)N2[C@H]1C(=O)[O-].[Na+]. The van der Waals surface area contributed by atoms with Gasteiger partial charge >= 0.3 is 29.6 Å². The molecule has 2 aliphatic heterocycles. The van der Waals surface area contributed by atoms with Crippen LogP contribution in [0.5, 0.6) is 0 Å². The number of β-lactam (4-membered cyclic amide) rings is 1. The first-order valence-corrected chi connectivity index (χ1v) is 11.9. The summed E-state index contributed by atoms with van der Waals surface area (Å²) in [5.41, 5.74) is 5.93. The van der Waals surface area contributed by atoms with E-state index in [0.717, 1.165) is 32.1 Å². The molecule has 10 nitrogen and oxygen atoms in total. The summed E-state index contributed by atoms with van der Waals surface area (Å²) in [4.78, 5) is 48.3. The Morgan fingerprint density at radius 3 is 2.62 bits per heavy atom. The number of hydrogen-bond acceptors (Lipinski definition) is 10. The molecule has 0 aromatic carbocycles. The van der Waals surface area contributed by atoms with Crippen molar-refractivity contribution < 1.29 is 53.9 Å². The molecule has 1 aromatic rings. The predicted molar refractivity (Wildman–Crippen MR) is 114 cm³/mol. The Hall–Kier alpha value is -1.34. The molecule has 3 aliphatic rings. The molecule has 2 saturated heterocycles. The molecule has 3 heterocycles. The van der Waals surface area contributed by atoms with Crippen LogP contribution < -0.4 is 45.7 Å². The summed E-state index contributed by atoms with van der Waals surface area (Å²) in [6.45, 7) is 3.48. The fourth-order valence-corrected chi connectivity index (χ4v) is 6.40. The first-order valence-electron chi connectivity index (χ1n) is 10.2. The number of fused-ring (bicyclic) bond motifs is 1. The number of nitrogens with two attached hydrogens (primary N) is 1. The van der Waals surface area contributed by atoms with Gasteiger partial charge in [0, 0.05) is 10.1 Å². The van der Waals surface area contributed by atoms with Crippen LogP contribution in [0.4, 0.5) is 5.13 Å². The molecule has 0 radical (unpaired) electrons. The average Bonchev–Trinajstić information content (AvgIpc) is 3.25. The molecule has 4 rings (SSSR count). The molecule has 3 atom stereocenters. The van der Waals surface area contributed by atoms with E-state index in [4.69, 9.17) is 10.6 Å². The second-order valence-corrected chi connectivity index (χ2v) is 11.1. The molecule has 0 bridgehead atoms. The fraction of sp³-hybridized carbons (Fsp3) is 0.632. The van der Waals surface area contributed by atoms with Crippen LogP contribution in [0.25, 0.3) is 0 Å². The number of thioether (sulfide) groups is 1. The van der Waals surface area contributed by atoms with E-state index in [1.54, 1.807) is 19.2 Å². The number of oxime groups is 1. The molecule has 168 valence electrons. The van der Waals surface area contributed by atoms with Crippen LogP contribution in [0, 0.1) is 0 Å². The maximum Gasteiger partial charge on any atom is 1.00 e. The zero-order valence-electron chi connectivity index (χ0n) is 18.2. The summed E-state index contributed by atoms with van der Waals surface area (Å²) in [6.07, 6.45) is 4.92. The van der Waals surface area contributed by atoms with Gasteiger partial charge in [-0.25, -0.2) is 4.98 Å². The van der Waals surface area contributed by atoms with Gasteiger partial charge in [0.25, 0.3) is 5.91 Å². The van der Waals surface area contributed by atoms with Gasteiger partial charge in [-0.2, -0.15) is 0 Å². The molecule has 0 unspecified atom stereocenters. The molecule has 3 N–H and O–H groups in total. The molecule has 1 aromatic heterocycles. The number of nitrogen functional groups attached to an aromatic ring is 1. The largest absolute Gasteiger partial charge is 1.00 e. The molecule has 1 saturated carbocycles. The summed E-state index contributed by atoms with van der Waals surface area (Å²) >= 11 is 2.49. The van der Waals surface area contributed by atoms with Crippen molar-refractivity contribution in [3.8, 4) is 0 Å². The van der Waals surface area contributed by atoms with Crippen molar-refractivity contribution in [1.29, 1.82) is 0 Å². The number of thiazole rings is 1. The molecule has 3 fully saturated rings. The monoisotopic (exact) mass is 489 g/mol. The quantitative estimate of drug-likeness (QED) is 0.187. The second-order valence-electron chi connectivity index (χ2n) is 8.41. The van der Waals surface area contributed by atoms with Crippen LogP contribution in [0.2, 0.25) is 0 Å². The minimum Gasteiger partial charge on any atom is -0.548 e. The number of aliphatic carboxylic acids is 1. The standard InChI is InChI=1S/C19H25N5O5S2.Na/c1-19(2)13(17(27)28)24-15(26)12(16(24)31-19)22-14(25)11(10-8-30-18(20)21-10)23-29-9-6-4-3-5-7-9;/h8-9,12-13,16H,3-7H2,1-2H3,(H2,20,21)(H,22,25)(H,27,28);/q;+1/p-1/b23-11-;/t12-,13-,16+;/m0./s1. The van der Waals surface area contributed by atoms with Crippen LogP contribution in [0.15, 0.2) is 10.5 Å². The molecule has 2 amide bonds. The van der Waals surface area contributed by atoms with E-state index >= 15 is 0 Å². The normalized spacial score (nSPS) is 27.2. The third-order valence-corrected chi connectivity index (χ3v) is 8.02. The van der Waals surface area contributed by atoms with Crippen LogP contribution in [0.1, 0.15) is 51.6 Å². The van der Waals surface area contributed by atoms with E-state index in [1.165, 1.54) is 28.0 Å². The van der Waals surface area contributed by atoms with Crippen LogP contribution >= 0.6 is 23.1 Å². The third kappa shape index (κ3) is 4.79. The van der Waals surface area contributed by atoms with Gasteiger partial charge in [-0.3, -0.25) is 9.59 Å². The van der Waals surface area contributed by atoms with E-state index in [-0.39, 0.29) is 52.2 Å². The molecule has 32 heavy (non-hydrogen) atoms. The van der Waals surface area contributed by atoms with Crippen molar-refractivity contribution in [2.24, 2.45) is 5.16 Å². The van der Waals surface area contributed by atoms with Crippen molar-refractivity contribution in [3.63, 3.8) is 0 Å². The van der Waals surface area contributed by atoms with Gasteiger partial charge in [0.2, 0.25) is 5.91 Å². The van der Waals surface area contributed by atoms with E-state index in [1.807, 2.05) is 0 Å². The zero-order valence-corrected chi connectivity index (χ0v) is 21.8. The number of aromatic nitrogens is 1. The van der Waals surface area contributed by atoms with Gasteiger partial charge in [-0.05, 0) is 39.5 Å². The topological polar surface area (TPSA) is 150 Å². The number of carbonyl (C=O) groups excluding carboxylic acids is 3. The van der Waals surface area contributed by atoms with Crippen LogP contribution in [-0.2, 0) is 19.2 Å². The van der Waals surface area contributed by atoms with E-state index in [0.29, 0.717) is 0 Å². The van der Waals surface area contributed by atoms with Gasteiger partial charge in [-0.1, -0.05) is 11.6 Å². The summed E-state index contributed by atoms with van der Waals surface area (Å²) in [5, 5.41) is 19.7. The Labute approximate surface area is 216 Å². The number of rotatable bonds is 6. The summed E-state index contributed by atoms with van der Waals surface area (Å²) in [6, 6.07) is -1.92. The van der Waals surface area contributed by atoms with E-state index in [2.05, 4.69) is 15.5 Å². The van der Waals surface area contributed by atoms with Gasteiger partial charge < -0.3 is 30.7 Å². The van der Waals surface area contributed by atoms with Crippen molar-refractivity contribution in [2.45, 2.75) is 74.3 Å². The Kier molecular flexibility index (Phi) is 7.81. The van der Waals surface area contributed by atoms with Crippen molar-refractivity contribution in [2.75, 3.05) is 5.73 Å². The van der Waals surface area contributed by atoms with Gasteiger partial charge in [-0.15, -0.1) is 23.1 Å². The summed E-state index contributed by atoms with van der Waals surface area (Å²) in [7, 11) is 0. The Balaban J connectivity index is 0.00000289. The molecular weight excluding hydrogens is 465 g/mol. The van der Waals surface area contributed by atoms with E-state index < -0.39 is 40.0 Å². The predicted octanol–water partition coefficient (Wildman–Crippen LogP) is -2.92. The molecular formula is C19H24N5NaO5S2. The third-order valence-electron chi connectivity index (χ3n) is 5.78. The number of carboxylic acids is 1. The number of carbonyl (C=O) groups is 3. The molecule has 13 heteroatoms. The maximum atomic E-state index is 13.0. The number of hydrogen-bond donors (Lipinski definition) is 2. The molecule has 1 aliphatic carbocycles. The number of carboxylic acid groups (broad SMARTS) is 1. The second kappa shape index (κ2) is 9.88. The number of nitrogens with one attached hydrogen (secondary N) is 1.